The van der Waals surface area contributed by atoms with Crippen LogP contribution < -0.4 is 5.32 Å². The predicted molar refractivity (Wildman–Crippen MR) is 84.3 cm³/mol. The summed E-state index contributed by atoms with van der Waals surface area (Å²) < 4.78 is 0.678. The second-order valence-electron chi connectivity index (χ2n) is 4.02. The fourth-order valence-electron chi connectivity index (χ4n) is 1.45. The van der Waals surface area contributed by atoms with E-state index in [1.165, 1.54) is 23.1 Å². The van der Waals surface area contributed by atoms with E-state index in [9.17, 15) is 9.59 Å². The molecule has 0 saturated heterocycles. The van der Waals surface area contributed by atoms with Gasteiger partial charge < -0.3 is 10.4 Å². The summed E-state index contributed by atoms with van der Waals surface area (Å²) in [7, 11) is 0. The van der Waals surface area contributed by atoms with Crippen LogP contribution in [0.4, 0.5) is 5.69 Å². The van der Waals surface area contributed by atoms with Crippen LogP contribution in [0, 0.1) is 0 Å². The molecule has 8 heteroatoms. The molecule has 0 atom stereocenters. The third kappa shape index (κ3) is 5.37. The van der Waals surface area contributed by atoms with Crippen LogP contribution in [-0.4, -0.2) is 27.7 Å². The van der Waals surface area contributed by atoms with Crippen LogP contribution in [0.25, 0.3) is 0 Å². The van der Waals surface area contributed by atoms with Crippen molar-refractivity contribution < 1.29 is 14.7 Å². The Bertz CT molecular complexity index is 643. The summed E-state index contributed by atoms with van der Waals surface area (Å²) in [5, 5.41) is 13.7. The van der Waals surface area contributed by atoms with Gasteiger partial charge in [-0.25, -0.2) is 4.98 Å². The Kier molecular flexibility index (Phi) is 5.60. The molecule has 2 rings (SSSR count). The lowest BCUT2D eigenvalue weighted by molar-refractivity contribution is -0.136. The van der Waals surface area contributed by atoms with Gasteiger partial charge in [-0.2, -0.15) is 0 Å². The number of carbonyl (C=O) groups is 2. The second-order valence-corrected chi connectivity index (χ2v) is 6.54. The number of thioether (sulfide) groups is 1. The number of carboxylic acid groups (broad SMARTS) is 1. The van der Waals surface area contributed by atoms with Gasteiger partial charge in [-0.05, 0) is 24.3 Å². The maximum absolute atomic E-state index is 11.8. The van der Waals surface area contributed by atoms with Crippen molar-refractivity contribution in [2.24, 2.45) is 0 Å². The number of carboxylic acids is 1. The monoisotopic (exact) mass is 342 g/mol. The molecule has 0 spiro atoms. The zero-order chi connectivity index (χ0) is 15.2. The molecule has 0 fully saturated rings. The number of nitrogens with zero attached hydrogens (tertiary/aromatic N) is 1. The lowest BCUT2D eigenvalue weighted by Gasteiger charge is -2.03. The highest BCUT2D eigenvalue weighted by atomic mass is 35.5. The van der Waals surface area contributed by atoms with E-state index in [0.29, 0.717) is 20.7 Å². The molecule has 21 heavy (non-hydrogen) atoms. The van der Waals surface area contributed by atoms with Crippen molar-refractivity contribution in [1.29, 1.82) is 0 Å². The summed E-state index contributed by atoms with van der Waals surface area (Å²) in [6.07, 6.45) is -0.103. The summed E-state index contributed by atoms with van der Waals surface area (Å²) in [6, 6.07) is 6.84. The molecule has 0 radical (unpaired) electrons. The number of thiazole rings is 1. The smallest absolute Gasteiger partial charge is 0.309 e. The van der Waals surface area contributed by atoms with Crippen molar-refractivity contribution in [1.82, 2.24) is 4.98 Å². The molecular weight excluding hydrogens is 332 g/mol. The van der Waals surface area contributed by atoms with E-state index in [1.54, 1.807) is 29.6 Å². The zero-order valence-corrected chi connectivity index (χ0v) is 13.1. The fraction of sp³-hybridized carbons (Fsp3) is 0.154. The molecule has 2 aromatic rings. The maximum atomic E-state index is 11.8. The summed E-state index contributed by atoms with van der Waals surface area (Å²) in [5.74, 6) is -0.863. The van der Waals surface area contributed by atoms with Gasteiger partial charge >= 0.3 is 5.97 Å². The molecular formula is C13H11ClN2O3S2. The van der Waals surface area contributed by atoms with Gasteiger partial charge in [-0.1, -0.05) is 23.4 Å². The van der Waals surface area contributed by atoms with Crippen LogP contribution >= 0.6 is 34.7 Å². The molecule has 2 N–H and O–H groups in total. The minimum atomic E-state index is -0.919. The van der Waals surface area contributed by atoms with E-state index in [4.69, 9.17) is 16.7 Å². The first kappa shape index (κ1) is 15.8. The van der Waals surface area contributed by atoms with Crippen LogP contribution in [0.15, 0.2) is 34.0 Å². The Morgan fingerprint density at radius 2 is 2.05 bits per heavy atom. The first-order valence-electron chi connectivity index (χ1n) is 5.87. The number of aromatic nitrogens is 1. The number of halogens is 1. The Hall–Kier alpha value is -1.57. The molecule has 110 valence electrons. The van der Waals surface area contributed by atoms with E-state index < -0.39 is 5.97 Å². The fourth-order valence-corrected chi connectivity index (χ4v) is 3.22. The van der Waals surface area contributed by atoms with E-state index >= 15 is 0 Å². The number of carbonyl (C=O) groups excluding carboxylic acids is 1. The normalized spacial score (nSPS) is 10.3. The highest BCUT2D eigenvalue weighted by Crippen LogP contribution is 2.23. The maximum Gasteiger partial charge on any atom is 0.309 e. The Balaban J connectivity index is 1.82. The van der Waals surface area contributed by atoms with Crippen molar-refractivity contribution in [2.45, 2.75) is 10.8 Å². The van der Waals surface area contributed by atoms with Gasteiger partial charge in [0.25, 0.3) is 0 Å². The van der Waals surface area contributed by atoms with E-state index in [0.717, 1.165) is 0 Å². The number of nitrogens with one attached hydrogen (secondary N) is 1. The third-order valence-corrected chi connectivity index (χ3v) is 4.64. The van der Waals surface area contributed by atoms with Crippen LogP contribution in [0.3, 0.4) is 0 Å². The minimum Gasteiger partial charge on any atom is -0.481 e. The summed E-state index contributed by atoms with van der Waals surface area (Å²) in [5.41, 5.74) is 1.18. The minimum absolute atomic E-state index is 0.103. The summed E-state index contributed by atoms with van der Waals surface area (Å²) in [4.78, 5) is 26.5. The highest BCUT2D eigenvalue weighted by Gasteiger charge is 2.09. The van der Waals surface area contributed by atoms with E-state index in [-0.39, 0.29) is 18.1 Å². The molecule has 0 unspecified atom stereocenters. The molecule has 5 nitrogen and oxygen atoms in total. The van der Waals surface area contributed by atoms with Gasteiger partial charge in [0.15, 0.2) is 4.34 Å². The largest absolute Gasteiger partial charge is 0.481 e. The van der Waals surface area contributed by atoms with Gasteiger partial charge in [-0.15, -0.1) is 11.3 Å². The summed E-state index contributed by atoms with van der Waals surface area (Å²) in [6.45, 7) is 0. The molecule has 0 aliphatic carbocycles. The molecule has 1 aromatic carbocycles. The van der Waals surface area contributed by atoms with Gasteiger partial charge in [0.2, 0.25) is 5.91 Å². The van der Waals surface area contributed by atoms with Crippen molar-refractivity contribution in [3.63, 3.8) is 0 Å². The summed E-state index contributed by atoms with van der Waals surface area (Å²) >= 11 is 8.37. The van der Waals surface area contributed by atoms with Crippen molar-refractivity contribution in [2.75, 3.05) is 11.1 Å². The Labute approximate surface area is 134 Å². The number of amides is 1. The Morgan fingerprint density at radius 3 is 2.71 bits per heavy atom. The molecule has 0 aliphatic rings. The highest BCUT2D eigenvalue weighted by molar-refractivity contribution is 8.01. The third-order valence-electron chi connectivity index (χ3n) is 2.32. The molecule has 0 saturated carbocycles. The van der Waals surface area contributed by atoms with E-state index in [2.05, 4.69) is 10.3 Å². The molecule has 1 aromatic heterocycles. The average molecular weight is 343 g/mol. The number of rotatable bonds is 6. The second kappa shape index (κ2) is 7.44. The molecule has 0 bridgehead atoms. The van der Waals surface area contributed by atoms with Gasteiger partial charge in [0, 0.05) is 16.1 Å². The van der Waals surface area contributed by atoms with Gasteiger partial charge in [-0.3, -0.25) is 9.59 Å². The molecule has 1 amide bonds. The topological polar surface area (TPSA) is 79.3 Å². The van der Waals surface area contributed by atoms with Crippen LogP contribution in [-0.2, 0) is 16.0 Å². The van der Waals surface area contributed by atoms with Crippen LogP contribution in [0.2, 0.25) is 5.02 Å². The lowest BCUT2D eigenvalue weighted by atomic mass is 10.3. The van der Waals surface area contributed by atoms with Crippen LogP contribution in [0.1, 0.15) is 5.69 Å². The van der Waals surface area contributed by atoms with Crippen molar-refractivity contribution >= 4 is 52.3 Å². The number of hydrogen-bond acceptors (Lipinski definition) is 5. The molecule has 1 heterocycles. The first-order chi connectivity index (χ1) is 10.0. The Morgan fingerprint density at radius 1 is 1.33 bits per heavy atom. The number of aliphatic carboxylic acids is 1. The predicted octanol–water partition coefficient (Wildman–Crippen LogP) is 3.15. The van der Waals surface area contributed by atoms with Gasteiger partial charge in [0.1, 0.15) is 0 Å². The van der Waals surface area contributed by atoms with E-state index in [1.807, 2.05) is 0 Å². The van der Waals surface area contributed by atoms with Crippen molar-refractivity contribution in [3.8, 4) is 0 Å². The zero-order valence-electron chi connectivity index (χ0n) is 10.7. The average Bonchev–Trinajstić information content (AvgIpc) is 2.86. The van der Waals surface area contributed by atoms with Gasteiger partial charge in [0.05, 0.1) is 17.9 Å². The van der Waals surface area contributed by atoms with Crippen molar-refractivity contribution in [3.05, 3.63) is 40.4 Å². The number of benzene rings is 1. The number of hydrogen-bond donors (Lipinski definition) is 2. The van der Waals surface area contributed by atoms with Crippen LogP contribution in [0.5, 0.6) is 0 Å². The quantitative estimate of drug-likeness (QED) is 0.788. The SMILES string of the molecule is O=C(O)Cc1csc(SCC(=O)Nc2ccc(Cl)cc2)n1. The lowest BCUT2D eigenvalue weighted by Crippen LogP contribution is -2.13. The molecule has 0 aliphatic heterocycles. The number of anilines is 1. The standard InChI is InChI=1S/C13H11ClN2O3S2/c14-8-1-3-9(4-2-8)15-11(17)7-21-13-16-10(6-20-13)5-12(18)19/h1-4,6H,5,7H2,(H,15,17)(H,18,19). The first-order valence-corrected chi connectivity index (χ1v) is 8.11.